The van der Waals surface area contributed by atoms with E-state index < -0.39 is 0 Å². The molecule has 0 radical (unpaired) electrons. The number of aryl methyl sites for hydroxylation is 1. The lowest BCUT2D eigenvalue weighted by molar-refractivity contribution is 0.849. The van der Waals surface area contributed by atoms with Crippen LogP contribution in [-0.2, 0) is 0 Å². The predicted octanol–water partition coefficient (Wildman–Crippen LogP) is 3.50. The van der Waals surface area contributed by atoms with E-state index in [4.69, 9.17) is 5.26 Å². The molecule has 1 N–H and O–H groups in total. The Hall–Kier alpha value is -1.86. The van der Waals surface area contributed by atoms with Crippen LogP contribution in [0, 0.1) is 18.3 Å². The van der Waals surface area contributed by atoms with Gasteiger partial charge in [-0.1, -0.05) is 12.1 Å². The van der Waals surface area contributed by atoms with Gasteiger partial charge >= 0.3 is 0 Å². The van der Waals surface area contributed by atoms with Gasteiger partial charge in [0.25, 0.3) is 0 Å². The molecule has 0 bridgehead atoms. The van der Waals surface area contributed by atoms with Gasteiger partial charge in [0.05, 0.1) is 28.5 Å². The van der Waals surface area contributed by atoms with E-state index in [-0.39, 0.29) is 6.04 Å². The Morgan fingerprint density at radius 2 is 2.29 bits per heavy atom. The molecule has 17 heavy (non-hydrogen) atoms. The molecule has 2 aromatic rings. The lowest BCUT2D eigenvalue weighted by Gasteiger charge is -2.15. The summed E-state index contributed by atoms with van der Waals surface area (Å²) in [6.07, 6.45) is 0. The van der Waals surface area contributed by atoms with Crippen molar-refractivity contribution in [3.63, 3.8) is 0 Å². The zero-order chi connectivity index (χ0) is 12.3. The van der Waals surface area contributed by atoms with E-state index in [1.165, 1.54) is 0 Å². The van der Waals surface area contributed by atoms with Crippen LogP contribution in [0.3, 0.4) is 0 Å². The van der Waals surface area contributed by atoms with Crippen molar-refractivity contribution >= 4 is 17.0 Å². The summed E-state index contributed by atoms with van der Waals surface area (Å²) in [5.74, 6) is 0. The van der Waals surface area contributed by atoms with Crippen LogP contribution in [0.25, 0.3) is 0 Å². The maximum absolute atomic E-state index is 9.14. The van der Waals surface area contributed by atoms with Crippen molar-refractivity contribution in [2.24, 2.45) is 0 Å². The fourth-order valence-corrected chi connectivity index (χ4v) is 2.33. The standard InChI is InChI=1S/C13H13N3S/c1-9-4-3-5-12(11(9)6-14)16-10(2)13-7-17-8-15-13/h3-5,7-8,10,16H,1-2H3. The SMILES string of the molecule is Cc1cccc(NC(C)c2cscn2)c1C#N. The number of nitrogens with one attached hydrogen (secondary N) is 1. The molecule has 2 rings (SSSR count). The number of benzene rings is 1. The van der Waals surface area contributed by atoms with Crippen molar-refractivity contribution in [2.45, 2.75) is 19.9 Å². The van der Waals surface area contributed by atoms with E-state index in [9.17, 15) is 0 Å². The van der Waals surface area contributed by atoms with Gasteiger partial charge < -0.3 is 5.32 Å². The molecular formula is C13H13N3S. The highest BCUT2D eigenvalue weighted by Crippen LogP contribution is 2.23. The third-order valence-corrected chi connectivity index (χ3v) is 3.26. The molecule has 1 unspecified atom stereocenters. The molecule has 0 saturated carbocycles. The van der Waals surface area contributed by atoms with E-state index in [0.29, 0.717) is 5.56 Å². The van der Waals surface area contributed by atoms with E-state index in [0.717, 1.165) is 16.9 Å². The normalized spacial score (nSPS) is 11.8. The first-order chi connectivity index (χ1) is 8.22. The first kappa shape index (κ1) is 11.6. The van der Waals surface area contributed by atoms with Gasteiger partial charge in [0.15, 0.2) is 0 Å². The van der Waals surface area contributed by atoms with Crippen LogP contribution in [0.5, 0.6) is 0 Å². The molecule has 0 amide bonds. The first-order valence-corrected chi connectivity index (χ1v) is 6.31. The number of nitrogens with zero attached hydrogens (tertiary/aromatic N) is 2. The quantitative estimate of drug-likeness (QED) is 0.897. The molecule has 0 aliphatic rings. The van der Waals surface area contributed by atoms with E-state index >= 15 is 0 Å². The number of rotatable bonds is 3. The minimum absolute atomic E-state index is 0.107. The van der Waals surface area contributed by atoms with Gasteiger partial charge in [-0.3, -0.25) is 0 Å². The number of thiazole rings is 1. The topological polar surface area (TPSA) is 48.7 Å². The largest absolute Gasteiger partial charge is 0.376 e. The fourth-order valence-electron chi connectivity index (χ4n) is 1.68. The highest BCUT2D eigenvalue weighted by molar-refractivity contribution is 7.07. The molecule has 0 saturated heterocycles. The van der Waals surface area contributed by atoms with E-state index in [1.54, 1.807) is 11.3 Å². The van der Waals surface area contributed by atoms with Crippen molar-refractivity contribution in [3.05, 3.63) is 45.9 Å². The maximum Gasteiger partial charge on any atom is 0.102 e. The lowest BCUT2D eigenvalue weighted by atomic mass is 10.1. The number of aromatic nitrogens is 1. The van der Waals surface area contributed by atoms with Crippen molar-refractivity contribution < 1.29 is 0 Å². The molecular weight excluding hydrogens is 230 g/mol. The van der Waals surface area contributed by atoms with Crippen molar-refractivity contribution in [1.82, 2.24) is 4.98 Å². The molecule has 1 heterocycles. The highest BCUT2D eigenvalue weighted by atomic mass is 32.1. The predicted molar refractivity (Wildman–Crippen MR) is 70.0 cm³/mol. The summed E-state index contributed by atoms with van der Waals surface area (Å²) < 4.78 is 0. The summed E-state index contributed by atoms with van der Waals surface area (Å²) in [7, 11) is 0. The molecule has 1 aromatic heterocycles. The van der Waals surface area contributed by atoms with Crippen molar-refractivity contribution in [3.8, 4) is 6.07 Å². The monoisotopic (exact) mass is 243 g/mol. The minimum Gasteiger partial charge on any atom is -0.376 e. The molecule has 0 aliphatic carbocycles. The van der Waals surface area contributed by atoms with Crippen LogP contribution in [0.15, 0.2) is 29.1 Å². The Morgan fingerprint density at radius 3 is 2.94 bits per heavy atom. The number of nitriles is 1. The molecule has 3 nitrogen and oxygen atoms in total. The Kier molecular flexibility index (Phi) is 3.40. The van der Waals surface area contributed by atoms with Crippen molar-refractivity contribution in [1.29, 1.82) is 5.26 Å². The Labute approximate surface area is 105 Å². The summed E-state index contributed by atoms with van der Waals surface area (Å²) in [6, 6.07) is 8.16. The van der Waals surface area contributed by atoms with Gasteiger partial charge in [0.2, 0.25) is 0 Å². The molecule has 1 atom stereocenters. The summed E-state index contributed by atoms with van der Waals surface area (Å²) in [4.78, 5) is 4.26. The van der Waals surface area contributed by atoms with Crippen LogP contribution in [-0.4, -0.2) is 4.98 Å². The van der Waals surface area contributed by atoms with Crippen LogP contribution in [0.4, 0.5) is 5.69 Å². The third kappa shape index (κ3) is 2.45. The molecule has 86 valence electrons. The van der Waals surface area contributed by atoms with Crippen molar-refractivity contribution in [2.75, 3.05) is 5.32 Å². The second kappa shape index (κ2) is 4.98. The maximum atomic E-state index is 9.14. The van der Waals surface area contributed by atoms with Gasteiger partial charge in [0, 0.05) is 5.38 Å². The summed E-state index contributed by atoms with van der Waals surface area (Å²) in [5.41, 5.74) is 5.38. The lowest BCUT2D eigenvalue weighted by Crippen LogP contribution is -2.08. The summed E-state index contributed by atoms with van der Waals surface area (Å²) in [5, 5.41) is 14.5. The number of anilines is 1. The molecule has 0 aliphatic heterocycles. The molecule has 0 spiro atoms. The van der Waals surface area contributed by atoms with Gasteiger partial charge in [-0.05, 0) is 25.5 Å². The van der Waals surface area contributed by atoms with E-state index in [2.05, 4.69) is 16.4 Å². The minimum atomic E-state index is 0.107. The summed E-state index contributed by atoms with van der Waals surface area (Å²) in [6.45, 7) is 3.98. The van der Waals surface area contributed by atoms with Crippen LogP contribution < -0.4 is 5.32 Å². The number of hydrogen-bond donors (Lipinski definition) is 1. The average molecular weight is 243 g/mol. The van der Waals surface area contributed by atoms with Gasteiger partial charge in [-0.2, -0.15) is 5.26 Å². The van der Waals surface area contributed by atoms with Gasteiger partial charge in [0.1, 0.15) is 6.07 Å². The van der Waals surface area contributed by atoms with E-state index in [1.807, 2.05) is 42.9 Å². The second-order valence-corrected chi connectivity index (χ2v) is 4.61. The summed E-state index contributed by atoms with van der Waals surface area (Å²) >= 11 is 1.58. The first-order valence-electron chi connectivity index (χ1n) is 5.36. The average Bonchev–Trinajstić information content (AvgIpc) is 2.82. The van der Waals surface area contributed by atoms with Crippen LogP contribution >= 0.6 is 11.3 Å². The molecule has 1 aromatic carbocycles. The molecule has 4 heteroatoms. The Morgan fingerprint density at radius 1 is 1.47 bits per heavy atom. The van der Waals surface area contributed by atoms with Gasteiger partial charge in [-0.25, -0.2) is 4.98 Å². The zero-order valence-electron chi connectivity index (χ0n) is 9.77. The van der Waals surface area contributed by atoms with Crippen LogP contribution in [0.1, 0.15) is 29.8 Å². The molecule has 0 fully saturated rings. The fraction of sp³-hybridized carbons (Fsp3) is 0.231. The Balaban J connectivity index is 2.25. The van der Waals surface area contributed by atoms with Gasteiger partial charge in [-0.15, -0.1) is 11.3 Å². The Bertz CT molecular complexity index is 540. The van der Waals surface area contributed by atoms with Crippen LogP contribution in [0.2, 0.25) is 0 Å². The highest BCUT2D eigenvalue weighted by Gasteiger charge is 2.10. The third-order valence-electron chi connectivity index (χ3n) is 2.65. The smallest absolute Gasteiger partial charge is 0.102 e. The number of hydrogen-bond acceptors (Lipinski definition) is 4. The zero-order valence-corrected chi connectivity index (χ0v) is 10.6. The second-order valence-electron chi connectivity index (χ2n) is 3.89.